The molecule has 1 atom stereocenters. The first kappa shape index (κ1) is 16.2. The fourth-order valence-corrected chi connectivity index (χ4v) is 3.11. The molecule has 3 N–H and O–H groups in total. The quantitative estimate of drug-likeness (QED) is 0.626. The minimum absolute atomic E-state index is 0.136. The molecule has 6 heteroatoms. The van der Waals surface area contributed by atoms with Gasteiger partial charge in [0.2, 0.25) is 6.04 Å². The summed E-state index contributed by atoms with van der Waals surface area (Å²) in [6.07, 6.45) is 2.19. The Morgan fingerprint density at radius 1 is 1.12 bits per heavy atom. The van der Waals surface area contributed by atoms with Gasteiger partial charge in [-0.2, -0.15) is 4.57 Å². The minimum atomic E-state index is -0.675. The SMILES string of the molecule is O=C1C(CO)Nc2c(Cc3ccccc3)nc(-c3cccc(O)c3)c[n+]21. The molecule has 0 radical (unpaired) electrons. The Labute approximate surface area is 150 Å². The number of fused-ring (bicyclic) bond motifs is 1. The predicted molar refractivity (Wildman–Crippen MR) is 95.9 cm³/mol. The van der Waals surface area contributed by atoms with Gasteiger partial charge in [-0.3, -0.25) is 5.32 Å². The first-order valence-electron chi connectivity index (χ1n) is 8.36. The summed E-state index contributed by atoms with van der Waals surface area (Å²) in [5, 5.41) is 22.3. The van der Waals surface area contributed by atoms with Crippen LogP contribution in [0.15, 0.2) is 60.8 Å². The van der Waals surface area contributed by atoms with Gasteiger partial charge in [-0.1, -0.05) is 42.5 Å². The molecule has 1 aliphatic rings. The molecule has 0 fully saturated rings. The molecular formula is C20H18N3O3+. The lowest BCUT2D eigenvalue weighted by molar-refractivity contribution is -0.552. The van der Waals surface area contributed by atoms with E-state index in [1.165, 1.54) is 4.57 Å². The highest BCUT2D eigenvalue weighted by molar-refractivity contribution is 5.82. The number of aliphatic hydroxyl groups excluding tert-OH is 1. The maximum atomic E-state index is 12.5. The number of hydrogen-bond acceptors (Lipinski definition) is 5. The molecule has 0 amide bonds. The fourth-order valence-electron chi connectivity index (χ4n) is 3.11. The molecule has 130 valence electrons. The maximum absolute atomic E-state index is 12.5. The predicted octanol–water partition coefficient (Wildman–Crippen LogP) is 1.76. The lowest BCUT2D eigenvalue weighted by Gasteiger charge is -2.07. The zero-order valence-electron chi connectivity index (χ0n) is 14.0. The van der Waals surface area contributed by atoms with E-state index < -0.39 is 6.04 Å². The summed E-state index contributed by atoms with van der Waals surface area (Å²) in [7, 11) is 0. The molecule has 1 aromatic heterocycles. The third-order valence-electron chi connectivity index (χ3n) is 4.41. The van der Waals surface area contributed by atoms with E-state index in [0.717, 1.165) is 11.1 Å². The summed E-state index contributed by atoms with van der Waals surface area (Å²) in [6.45, 7) is -0.285. The van der Waals surface area contributed by atoms with Crippen molar-refractivity contribution in [3.05, 3.63) is 72.1 Å². The van der Waals surface area contributed by atoms with Crippen molar-refractivity contribution in [1.29, 1.82) is 0 Å². The van der Waals surface area contributed by atoms with E-state index in [4.69, 9.17) is 4.98 Å². The Kier molecular flexibility index (Phi) is 4.10. The third-order valence-corrected chi connectivity index (χ3v) is 4.41. The lowest BCUT2D eigenvalue weighted by atomic mass is 10.1. The molecule has 0 saturated carbocycles. The van der Waals surface area contributed by atoms with Crippen LogP contribution in [-0.4, -0.2) is 33.8 Å². The van der Waals surface area contributed by atoms with Gasteiger partial charge in [0.15, 0.2) is 0 Å². The van der Waals surface area contributed by atoms with E-state index in [9.17, 15) is 15.0 Å². The van der Waals surface area contributed by atoms with Crippen molar-refractivity contribution in [2.24, 2.45) is 0 Å². The van der Waals surface area contributed by atoms with Gasteiger partial charge >= 0.3 is 11.7 Å². The number of nitrogens with zero attached hydrogens (tertiary/aromatic N) is 2. The molecule has 26 heavy (non-hydrogen) atoms. The van der Waals surface area contributed by atoms with Gasteiger partial charge in [-0.15, -0.1) is 0 Å². The highest BCUT2D eigenvalue weighted by Crippen LogP contribution is 2.25. The van der Waals surface area contributed by atoms with Crippen LogP contribution in [-0.2, 0) is 6.42 Å². The van der Waals surface area contributed by atoms with Crippen molar-refractivity contribution < 1.29 is 19.6 Å². The number of carbonyl (C=O) groups excluding carboxylic acids is 1. The van der Waals surface area contributed by atoms with Gasteiger partial charge in [0.25, 0.3) is 0 Å². The van der Waals surface area contributed by atoms with Crippen LogP contribution >= 0.6 is 0 Å². The topological polar surface area (TPSA) is 86.3 Å². The molecule has 2 heterocycles. The van der Waals surface area contributed by atoms with E-state index in [1.807, 2.05) is 36.4 Å². The van der Waals surface area contributed by atoms with Gasteiger partial charge in [0.1, 0.15) is 23.3 Å². The van der Waals surface area contributed by atoms with Gasteiger partial charge in [-0.25, -0.2) is 9.78 Å². The zero-order chi connectivity index (χ0) is 18.1. The van der Waals surface area contributed by atoms with E-state index in [2.05, 4.69) is 5.32 Å². The van der Waals surface area contributed by atoms with Crippen LogP contribution in [0.3, 0.4) is 0 Å². The van der Waals surface area contributed by atoms with Crippen molar-refractivity contribution in [2.75, 3.05) is 11.9 Å². The highest BCUT2D eigenvalue weighted by atomic mass is 16.3. The summed E-state index contributed by atoms with van der Waals surface area (Å²) in [4.78, 5) is 17.3. The van der Waals surface area contributed by atoms with Crippen LogP contribution in [0, 0.1) is 0 Å². The van der Waals surface area contributed by atoms with Gasteiger partial charge in [-0.05, 0) is 17.7 Å². The van der Waals surface area contributed by atoms with Crippen LogP contribution in [0.25, 0.3) is 11.3 Å². The number of rotatable bonds is 4. The number of aromatic nitrogens is 2. The molecule has 0 saturated heterocycles. The number of aromatic hydroxyl groups is 1. The van der Waals surface area contributed by atoms with Crippen molar-refractivity contribution >= 4 is 11.7 Å². The average Bonchev–Trinajstić information content (AvgIpc) is 2.99. The van der Waals surface area contributed by atoms with E-state index >= 15 is 0 Å². The Morgan fingerprint density at radius 3 is 2.65 bits per heavy atom. The van der Waals surface area contributed by atoms with Gasteiger partial charge < -0.3 is 10.2 Å². The van der Waals surface area contributed by atoms with Crippen molar-refractivity contribution in [2.45, 2.75) is 12.5 Å². The molecular weight excluding hydrogens is 330 g/mol. The maximum Gasteiger partial charge on any atom is 0.361 e. The van der Waals surface area contributed by atoms with Crippen molar-refractivity contribution in [3.63, 3.8) is 0 Å². The van der Waals surface area contributed by atoms with Crippen LogP contribution in [0.4, 0.5) is 5.82 Å². The summed E-state index contributed by atoms with van der Waals surface area (Å²) in [5.74, 6) is 0.513. The number of hydrogen-bond donors (Lipinski definition) is 3. The number of nitrogens with one attached hydrogen (secondary N) is 1. The van der Waals surface area contributed by atoms with Crippen molar-refractivity contribution in [3.8, 4) is 17.0 Å². The van der Waals surface area contributed by atoms with Gasteiger partial charge in [0.05, 0.1) is 6.61 Å². The Bertz CT molecular complexity index is 973. The molecule has 0 aliphatic carbocycles. The lowest BCUT2D eigenvalue weighted by Crippen LogP contribution is -2.44. The number of benzene rings is 2. The molecule has 1 aliphatic heterocycles. The second-order valence-electron chi connectivity index (χ2n) is 6.22. The summed E-state index contributed by atoms with van der Waals surface area (Å²) in [6, 6.07) is 15.9. The van der Waals surface area contributed by atoms with E-state index in [0.29, 0.717) is 23.6 Å². The second-order valence-corrected chi connectivity index (χ2v) is 6.22. The minimum Gasteiger partial charge on any atom is -0.508 e. The smallest absolute Gasteiger partial charge is 0.361 e. The molecule has 2 aromatic carbocycles. The van der Waals surface area contributed by atoms with Crippen LogP contribution < -0.4 is 9.88 Å². The molecule has 6 nitrogen and oxygen atoms in total. The van der Waals surface area contributed by atoms with Crippen LogP contribution in [0.1, 0.15) is 16.1 Å². The van der Waals surface area contributed by atoms with Gasteiger partial charge in [0, 0.05) is 12.0 Å². The normalized spacial score (nSPS) is 15.6. The molecule has 1 unspecified atom stereocenters. The first-order valence-corrected chi connectivity index (χ1v) is 8.36. The number of phenolic OH excluding ortho intramolecular Hbond substituents is 1. The fraction of sp³-hybridized carbons (Fsp3) is 0.150. The second kappa shape index (κ2) is 6.57. The summed E-state index contributed by atoms with van der Waals surface area (Å²) >= 11 is 0. The third kappa shape index (κ3) is 2.91. The summed E-state index contributed by atoms with van der Waals surface area (Å²) in [5.41, 5.74) is 3.08. The number of phenols is 1. The number of aliphatic hydroxyl groups is 1. The van der Waals surface area contributed by atoms with Crippen LogP contribution in [0.2, 0.25) is 0 Å². The zero-order valence-corrected chi connectivity index (χ0v) is 14.0. The Morgan fingerprint density at radius 2 is 1.92 bits per heavy atom. The average molecular weight is 348 g/mol. The Balaban J connectivity index is 1.84. The van der Waals surface area contributed by atoms with E-state index in [1.54, 1.807) is 24.4 Å². The molecule has 3 aromatic rings. The summed E-state index contributed by atoms with van der Waals surface area (Å²) < 4.78 is 1.51. The van der Waals surface area contributed by atoms with Crippen LogP contribution in [0.5, 0.6) is 5.75 Å². The van der Waals surface area contributed by atoms with Crippen molar-refractivity contribution in [1.82, 2.24) is 4.98 Å². The molecule has 0 spiro atoms. The number of anilines is 1. The Hall–Kier alpha value is -3.25. The monoisotopic (exact) mass is 348 g/mol. The molecule has 4 rings (SSSR count). The number of carbonyl (C=O) groups is 1. The highest BCUT2D eigenvalue weighted by Gasteiger charge is 2.40. The first-order chi connectivity index (χ1) is 12.7. The van der Waals surface area contributed by atoms with E-state index in [-0.39, 0.29) is 18.3 Å². The standard InChI is InChI=1S/C20H17N3O3/c24-12-18-20(26)23-11-17(14-7-4-8-15(25)10-14)21-16(19(23)22-18)9-13-5-2-1-3-6-13/h1-8,10-11,18,24-25H,9,12H2/p+1. The largest absolute Gasteiger partial charge is 0.508 e. The molecule has 0 bridgehead atoms.